The van der Waals surface area contributed by atoms with Crippen LogP contribution < -0.4 is 15.8 Å². The van der Waals surface area contributed by atoms with E-state index in [0.29, 0.717) is 48.1 Å². The highest BCUT2D eigenvalue weighted by atomic mass is 35.5. The number of pyridine rings is 1. The number of aromatic nitrogens is 1. The first-order valence-corrected chi connectivity index (χ1v) is 12.4. The van der Waals surface area contributed by atoms with Crippen molar-refractivity contribution in [3.05, 3.63) is 88.6 Å². The first-order valence-electron chi connectivity index (χ1n) is 12.0. The molecule has 3 heterocycles. The van der Waals surface area contributed by atoms with Gasteiger partial charge in [0.15, 0.2) is 0 Å². The van der Waals surface area contributed by atoms with Gasteiger partial charge >= 0.3 is 0 Å². The van der Waals surface area contributed by atoms with Crippen molar-refractivity contribution >= 4 is 29.2 Å². The first-order chi connectivity index (χ1) is 17.9. The van der Waals surface area contributed by atoms with Crippen molar-refractivity contribution in [2.45, 2.75) is 31.7 Å². The van der Waals surface area contributed by atoms with Crippen LogP contribution >= 0.6 is 11.6 Å². The lowest BCUT2D eigenvalue weighted by Crippen LogP contribution is -2.28. The lowest BCUT2D eigenvalue weighted by molar-refractivity contribution is -0.116. The maximum absolute atomic E-state index is 13.5. The SMILES string of the molecule is Nc1ccc(CNC(=O)C=CC2Cc3cc(-c4ccc(C(=O)N5CC[C@H](F)C5)cc4)cc(Cl)c3O2)cn1. The van der Waals surface area contributed by atoms with Gasteiger partial charge in [0.2, 0.25) is 5.91 Å². The Kier molecular flexibility index (Phi) is 7.10. The van der Waals surface area contributed by atoms with Gasteiger partial charge in [-0.1, -0.05) is 29.8 Å². The van der Waals surface area contributed by atoms with Gasteiger partial charge < -0.3 is 20.7 Å². The number of amides is 2. The Bertz CT molecular complexity index is 1340. The average Bonchev–Trinajstić information content (AvgIpc) is 3.53. The Morgan fingerprint density at radius 1 is 1.19 bits per heavy atom. The third-order valence-corrected chi connectivity index (χ3v) is 6.75. The lowest BCUT2D eigenvalue weighted by Gasteiger charge is -2.15. The quantitative estimate of drug-likeness (QED) is 0.471. The van der Waals surface area contributed by atoms with Gasteiger partial charge in [-0.2, -0.15) is 0 Å². The van der Waals surface area contributed by atoms with Gasteiger partial charge in [-0.05, 0) is 59.5 Å². The molecule has 2 atom stereocenters. The van der Waals surface area contributed by atoms with Crippen molar-refractivity contribution in [1.29, 1.82) is 0 Å². The van der Waals surface area contributed by atoms with Crippen LogP contribution in [0.15, 0.2) is 66.9 Å². The molecule has 0 saturated carbocycles. The number of nitrogens with zero attached hydrogens (tertiary/aromatic N) is 2. The Morgan fingerprint density at radius 3 is 2.70 bits per heavy atom. The van der Waals surface area contributed by atoms with E-state index < -0.39 is 6.17 Å². The minimum atomic E-state index is -0.945. The number of rotatable bonds is 6. The number of nitrogens with one attached hydrogen (secondary N) is 1. The second-order valence-corrected chi connectivity index (χ2v) is 9.60. The fourth-order valence-corrected chi connectivity index (χ4v) is 4.77. The summed E-state index contributed by atoms with van der Waals surface area (Å²) in [5.41, 5.74) is 9.70. The van der Waals surface area contributed by atoms with Crippen LogP contribution in [-0.4, -0.2) is 47.1 Å². The second-order valence-electron chi connectivity index (χ2n) is 9.19. The molecule has 2 aliphatic rings. The zero-order chi connectivity index (χ0) is 25.9. The molecule has 0 spiro atoms. The molecule has 190 valence electrons. The summed E-state index contributed by atoms with van der Waals surface area (Å²) in [6.45, 7) is 0.939. The van der Waals surface area contributed by atoms with Gasteiger partial charge in [-0.3, -0.25) is 9.59 Å². The van der Waals surface area contributed by atoms with Crippen LogP contribution in [0.4, 0.5) is 10.2 Å². The Hall–Kier alpha value is -3.91. The fraction of sp³-hybridized carbons (Fsp3) is 0.250. The number of carbonyl (C=O) groups excluding carboxylic acids is 2. The smallest absolute Gasteiger partial charge is 0.253 e. The van der Waals surface area contributed by atoms with E-state index in [9.17, 15) is 14.0 Å². The van der Waals surface area contributed by atoms with Crippen LogP contribution in [0, 0.1) is 0 Å². The molecule has 2 aliphatic heterocycles. The number of halogens is 2. The summed E-state index contributed by atoms with van der Waals surface area (Å²) in [6.07, 6.45) is 4.50. The molecule has 37 heavy (non-hydrogen) atoms. The van der Waals surface area contributed by atoms with Crippen molar-refractivity contribution in [2.75, 3.05) is 18.8 Å². The molecule has 1 unspecified atom stereocenters. The second kappa shape index (κ2) is 10.6. The van der Waals surface area contributed by atoms with Gasteiger partial charge in [0.1, 0.15) is 23.8 Å². The standard InChI is InChI=1S/C28H26ClFN4O3/c29-24-13-20(18-2-4-19(5-3-18)28(36)34-10-9-22(30)16-34)11-21-12-23(37-27(21)24)6-8-26(35)33-15-17-1-7-25(31)32-14-17/h1-8,11,13-14,22-23H,9-10,12,15-16H2,(H2,31,32)(H,33,35)/t22-,23?/m0/s1. The normalized spacial score (nSPS) is 18.6. The largest absolute Gasteiger partial charge is 0.484 e. The van der Waals surface area contributed by atoms with E-state index in [-0.39, 0.29) is 24.5 Å². The minimum absolute atomic E-state index is 0.151. The molecule has 1 fully saturated rings. The Balaban J connectivity index is 1.21. The highest BCUT2D eigenvalue weighted by molar-refractivity contribution is 6.32. The van der Waals surface area contributed by atoms with Crippen LogP contribution in [0.2, 0.25) is 5.02 Å². The molecule has 1 saturated heterocycles. The molecule has 9 heteroatoms. The van der Waals surface area contributed by atoms with Crippen LogP contribution in [0.25, 0.3) is 11.1 Å². The van der Waals surface area contributed by atoms with Gasteiger partial charge in [0.05, 0.1) is 11.6 Å². The number of likely N-dealkylation sites (tertiary alicyclic amines) is 1. The van der Waals surface area contributed by atoms with Crippen LogP contribution in [0.3, 0.4) is 0 Å². The monoisotopic (exact) mass is 520 g/mol. The highest BCUT2D eigenvalue weighted by Gasteiger charge is 2.27. The third-order valence-electron chi connectivity index (χ3n) is 6.47. The van der Waals surface area contributed by atoms with E-state index in [1.807, 2.05) is 30.3 Å². The molecule has 7 nitrogen and oxygen atoms in total. The predicted octanol–water partition coefficient (Wildman–Crippen LogP) is 4.34. The average molecular weight is 521 g/mol. The lowest BCUT2D eigenvalue weighted by atomic mass is 9.99. The van der Waals surface area contributed by atoms with Crippen molar-refractivity contribution in [1.82, 2.24) is 15.2 Å². The fourth-order valence-electron chi connectivity index (χ4n) is 4.49. The molecule has 3 N–H and O–H groups in total. The molecule has 1 aromatic heterocycles. The summed E-state index contributed by atoms with van der Waals surface area (Å²) in [5.74, 6) is 0.636. The van der Waals surface area contributed by atoms with Crippen molar-refractivity contribution in [3.8, 4) is 16.9 Å². The first kappa shape index (κ1) is 24.8. The molecule has 5 rings (SSSR count). The van der Waals surface area contributed by atoms with E-state index >= 15 is 0 Å². The molecule has 3 aromatic rings. The summed E-state index contributed by atoms with van der Waals surface area (Å²) in [5, 5.41) is 3.29. The zero-order valence-corrected chi connectivity index (χ0v) is 20.7. The van der Waals surface area contributed by atoms with Gasteiger partial charge in [-0.15, -0.1) is 0 Å². The maximum Gasteiger partial charge on any atom is 0.253 e. The summed E-state index contributed by atoms with van der Waals surface area (Å²) in [6, 6.07) is 14.6. The number of carbonyl (C=O) groups is 2. The number of alkyl halides is 1. The number of hydrogen-bond acceptors (Lipinski definition) is 5. The Labute approximate surface area is 219 Å². The number of fused-ring (bicyclic) bond motifs is 1. The van der Waals surface area contributed by atoms with E-state index in [1.54, 1.807) is 35.4 Å². The maximum atomic E-state index is 13.5. The minimum Gasteiger partial charge on any atom is -0.484 e. The zero-order valence-electron chi connectivity index (χ0n) is 20.0. The number of nitrogens with two attached hydrogens (primary N) is 1. The van der Waals surface area contributed by atoms with Gasteiger partial charge in [-0.25, -0.2) is 9.37 Å². The number of benzene rings is 2. The Morgan fingerprint density at radius 2 is 2.00 bits per heavy atom. The highest BCUT2D eigenvalue weighted by Crippen LogP contribution is 2.40. The molecular weight excluding hydrogens is 495 g/mol. The van der Waals surface area contributed by atoms with Gasteiger partial charge in [0, 0.05) is 42.9 Å². The molecular formula is C28H26ClFN4O3. The summed E-state index contributed by atoms with van der Waals surface area (Å²) < 4.78 is 19.4. The number of ether oxygens (including phenoxy) is 1. The number of nitrogen functional groups attached to an aromatic ring is 1. The molecule has 0 radical (unpaired) electrons. The van der Waals surface area contributed by atoms with E-state index in [2.05, 4.69) is 10.3 Å². The van der Waals surface area contributed by atoms with E-state index in [0.717, 1.165) is 22.3 Å². The molecule has 2 amide bonds. The number of hydrogen-bond donors (Lipinski definition) is 2. The number of anilines is 1. The van der Waals surface area contributed by atoms with Crippen LogP contribution in [0.5, 0.6) is 5.75 Å². The summed E-state index contributed by atoms with van der Waals surface area (Å²) >= 11 is 6.52. The van der Waals surface area contributed by atoms with Crippen molar-refractivity contribution in [2.24, 2.45) is 0 Å². The summed E-state index contributed by atoms with van der Waals surface area (Å²) in [7, 11) is 0. The molecule has 0 bridgehead atoms. The predicted molar refractivity (Wildman–Crippen MR) is 140 cm³/mol. The van der Waals surface area contributed by atoms with Crippen molar-refractivity contribution < 1.29 is 18.7 Å². The molecule has 2 aromatic carbocycles. The van der Waals surface area contributed by atoms with E-state index in [1.165, 1.54) is 6.08 Å². The molecule has 0 aliphatic carbocycles. The van der Waals surface area contributed by atoms with Gasteiger partial charge in [0.25, 0.3) is 5.91 Å². The van der Waals surface area contributed by atoms with Crippen molar-refractivity contribution in [3.63, 3.8) is 0 Å². The van der Waals surface area contributed by atoms with E-state index in [4.69, 9.17) is 22.1 Å². The van der Waals surface area contributed by atoms with Crippen LogP contribution in [0.1, 0.15) is 27.9 Å². The van der Waals surface area contributed by atoms with Crippen LogP contribution in [-0.2, 0) is 17.8 Å². The summed E-state index contributed by atoms with van der Waals surface area (Å²) in [4.78, 5) is 30.4. The third kappa shape index (κ3) is 5.75. The topological polar surface area (TPSA) is 97.5 Å².